The second-order valence-electron chi connectivity index (χ2n) is 3.29. The number of fused-ring (bicyclic) bond motifs is 1. The smallest absolute Gasteiger partial charge is 0.146 e. The maximum atomic E-state index is 5.52. The van der Waals surface area contributed by atoms with Crippen LogP contribution < -0.4 is 14.8 Å². The summed E-state index contributed by atoms with van der Waals surface area (Å²) in [6.07, 6.45) is 0.970. The topological polar surface area (TPSA) is 30.5 Å². The Morgan fingerprint density at radius 3 is 3.07 bits per heavy atom. The molecule has 0 saturated carbocycles. The predicted octanol–water partition coefficient (Wildman–Crippen LogP) is 2.06. The van der Waals surface area contributed by atoms with E-state index in [1.807, 2.05) is 6.07 Å². The lowest BCUT2D eigenvalue weighted by Crippen LogP contribution is -2.18. The molecule has 0 saturated heterocycles. The molecule has 0 atom stereocenters. The van der Waals surface area contributed by atoms with Crippen LogP contribution in [0.25, 0.3) is 0 Å². The van der Waals surface area contributed by atoms with Gasteiger partial charge in [-0.2, -0.15) is 0 Å². The summed E-state index contributed by atoms with van der Waals surface area (Å²) in [6.45, 7) is 3.72. The fourth-order valence-corrected chi connectivity index (χ4v) is 1.68. The minimum Gasteiger partial charge on any atom is -0.496 e. The molecule has 1 heterocycles. The number of ether oxygens (including phenoxy) is 2. The van der Waals surface area contributed by atoms with Crippen molar-refractivity contribution in [1.82, 2.24) is 0 Å². The van der Waals surface area contributed by atoms with E-state index in [4.69, 9.17) is 9.47 Å². The van der Waals surface area contributed by atoms with Crippen molar-refractivity contribution in [2.45, 2.75) is 13.3 Å². The van der Waals surface area contributed by atoms with Crippen LogP contribution in [0.2, 0.25) is 0 Å². The molecule has 3 nitrogen and oxygen atoms in total. The van der Waals surface area contributed by atoms with Crippen LogP contribution in [0.3, 0.4) is 0 Å². The minimum absolute atomic E-state index is 0.724. The Hall–Kier alpha value is -1.38. The molecule has 0 aromatic heterocycles. The predicted molar refractivity (Wildman–Crippen MR) is 56.4 cm³/mol. The molecule has 3 heteroatoms. The Balaban J connectivity index is 2.43. The van der Waals surface area contributed by atoms with E-state index in [0.29, 0.717) is 0 Å². The van der Waals surface area contributed by atoms with Gasteiger partial charge < -0.3 is 14.8 Å². The summed E-state index contributed by atoms with van der Waals surface area (Å²) >= 11 is 0. The molecule has 76 valence electrons. The molecule has 0 unspecified atom stereocenters. The monoisotopic (exact) mass is 193 g/mol. The third kappa shape index (κ3) is 1.50. The second kappa shape index (κ2) is 3.78. The van der Waals surface area contributed by atoms with E-state index in [1.165, 1.54) is 5.56 Å². The highest BCUT2D eigenvalue weighted by atomic mass is 16.5. The largest absolute Gasteiger partial charge is 0.496 e. The van der Waals surface area contributed by atoms with Crippen LogP contribution in [0.4, 0.5) is 5.69 Å². The molecular weight excluding hydrogens is 178 g/mol. The van der Waals surface area contributed by atoms with E-state index in [1.54, 1.807) is 7.11 Å². The van der Waals surface area contributed by atoms with E-state index in [-0.39, 0.29) is 0 Å². The number of hydrogen-bond acceptors (Lipinski definition) is 3. The lowest BCUT2D eigenvalue weighted by atomic mass is 10.1. The van der Waals surface area contributed by atoms with Gasteiger partial charge in [0.2, 0.25) is 0 Å². The standard InChI is InChI=1S/C11H15NO2/c1-3-8-6-9-11(7-10(8)13-2)14-5-4-12-9/h6-7,12H,3-5H2,1-2H3. The summed E-state index contributed by atoms with van der Waals surface area (Å²) < 4.78 is 10.8. The molecule has 2 rings (SSSR count). The lowest BCUT2D eigenvalue weighted by Gasteiger charge is -2.21. The molecule has 1 aromatic carbocycles. The minimum atomic E-state index is 0.724. The molecule has 0 amide bonds. The molecule has 0 radical (unpaired) electrons. The molecule has 0 fully saturated rings. The molecule has 1 aliphatic rings. The highest BCUT2D eigenvalue weighted by Gasteiger charge is 2.13. The van der Waals surface area contributed by atoms with Crippen LogP contribution in [0.1, 0.15) is 12.5 Å². The summed E-state index contributed by atoms with van der Waals surface area (Å²) in [5, 5.41) is 3.31. The van der Waals surface area contributed by atoms with Gasteiger partial charge in [-0.3, -0.25) is 0 Å². The maximum Gasteiger partial charge on any atom is 0.146 e. The van der Waals surface area contributed by atoms with Crippen molar-refractivity contribution in [3.05, 3.63) is 17.7 Å². The fourth-order valence-electron chi connectivity index (χ4n) is 1.68. The van der Waals surface area contributed by atoms with Crippen molar-refractivity contribution in [2.75, 3.05) is 25.6 Å². The SMILES string of the molecule is CCc1cc2c(cc1OC)OCCN2. The van der Waals surface area contributed by atoms with E-state index < -0.39 is 0 Å². The van der Waals surface area contributed by atoms with Gasteiger partial charge in [0.1, 0.15) is 18.1 Å². The molecular formula is C11H15NO2. The number of hydrogen-bond donors (Lipinski definition) is 1. The summed E-state index contributed by atoms with van der Waals surface area (Å²) in [5.41, 5.74) is 2.29. The normalized spacial score (nSPS) is 13.9. The molecule has 0 aliphatic carbocycles. The molecule has 0 spiro atoms. The van der Waals surface area contributed by atoms with Gasteiger partial charge in [-0.15, -0.1) is 0 Å². The third-order valence-electron chi connectivity index (χ3n) is 2.44. The van der Waals surface area contributed by atoms with E-state index in [9.17, 15) is 0 Å². The number of anilines is 1. The van der Waals surface area contributed by atoms with E-state index >= 15 is 0 Å². The zero-order valence-electron chi connectivity index (χ0n) is 8.59. The second-order valence-corrected chi connectivity index (χ2v) is 3.29. The number of aryl methyl sites for hydroxylation is 1. The maximum absolute atomic E-state index is 5.52. The zero-order chi connectivity index (χ0) is 9.97. The van der Waals surface area contributed by atoms with Crippen molar-refractivity contribution in [3.8, 4) is 11.5 Å². The van der Waals surface area contributed by atoms with Crippen LogP contribution in [-0.4, -0.2) is 20.3 Å². The van der Waals surface area contributed by atoms with Gasteiger partial charge in [0.15, 0.2) is 0 Å². The van der Waals surface area contributed by atoms with Crippen LogP contribution in [-0.2, 0) is 6.42 Å². The van der Waals surface area contributed by atoms with Gasteiger partial charge in [0.25, 0.3) is 0 Å². The van der Waals surface area contributed by atoms with Crippen molar-refractivity contribution < 1.29 is 9.47 Å². The van der Waals surface area contributed by atoms with Crippen LogP contribution in [0, 0.1) is 0 Å². The van der Waals surface area contributed by atoms with Gasteiger partial charge >= 0.3 is 0 Å². The van der Waals surface area contributed by atoms with Gasteiger partial charge in [-0.1, -0.05) is 6.92 Å². The number of nitrogens with one attached hydrogen (secondary N) is 1. The van der Waals surface area contributed by atoms with Gasteiger partial charge in [0, 0.05) is 12.6 Å². The number of benzene rings is 1. The van der Waals surface area contributed by atoms with E-state index in [0.717, 1.165) is 36.8 Å². The Morgan fingerprint density at radius 2 is 2.36 bits per heavy atom. The Morgan fingerprint density at radius 1 is 1.50 bits per heavy atom. The summed E-state index contributed by atoms with van der Waals surface area (Å²) in [6, 6.07) is 4.06. The highest BCUT2D eigenvalue weighted by Crippen LogP contribution is 2.34. The van der Waals surface area contributed by atoms with E-state index in [2.05, 4.69) is 18.3 Å². The van der Waals surface area contributed by atoms with Gasteiger partial charge in [-0.05, 0) is 18.1 Å². The van der Waals surface area contributed by atoms with Crippen LogP contribution >= 0.6 is 0 Å². The first-order valence-electron chi connectivity index (χ1n) is 4.92. The zero-order valence-corrected chi connectivity index (χ0v) is 8.59. The van der Waals surface area contributed by atoms with Crippen molar-refractivity contribution in [3.63, 3.8) is 0 Å². The van der Waals surface area contributed by atoms with Crippen LogP contribution in [0.15, 0.2) is 12.1 Å². The van der Waals surface area contributed by atoms with Gasteiger partial charge in [-0.25, -0.2) is 0 Å². The Bertz CT molecular complexity index is 292. The molecule has 1 aromatic rings. The van der Waals surface area contributed by atoms with Crippen molar-refractivity contribution in [2.24, 2.45) is 0 Å². The molecule has 1 N–H and O–H groups in total. The third-order valence-corrected chi connectivity index (χ3v) is 2.44. The fraction of sp³-hybridized carbons (Fsp3) is 0.455. The molecule has 14 heavy (non-hydrogen) atoms. The van der Waals surface area contributed by atoms with Crippen molar-refractivity contribution in [1.29, 1.82) is 0 Å². The quantitative estimate of drug-likeness (QED) is 0.779. The van der Waals surface area contributed by atoms with Crippen molar-refractivity contribution >= 4 is 5.69 Å². The first-order valence-corrected chi connectivity index (χ1v) is 4.92. The number of methoxy groups -OCH3 is 1. The first kappa shape index (κ1) is 9.19. The summed E-state index contributed by atoms with van der Waals surface area (Å²) in [5.74, 6) is 1.81. The Labute approximate surface area is 84.0 Å². The highest BCUT2D eigenvalue weighted by molar-refractivity contribution is 5.63. The molecule has 0 bridgehead atoms. The molecule has 1 aliphatic heterocycles. The average Bonchev–Trinajstić information content (AvgIpc) is 2.27. The number of rotatable bonds is 2. The Kier molecular flexibility index (Phi) is 2.48. The first-order chi connectivity index (χ1) is 6.85. The lowest BCUT2D eigenvalue weighted by molar-refractivity contribution is 0.319. The average molecular weight is 193 g/mol. The summed E-state index contributed by atoms with van der Waals surface area (Å²) in [7, 11) is 1.69. The van der Waals surface area contributed by atoms with Crippen LogP contribution in [0.5, 0.6) is 11.5 Å². The summed E-state index contributed by atoms with van der Waals surface area (Å²) in [4.78, 5) is 0. The van der Waals surface area contributed by atoms with Gasteiger partial charge in [0.05, 0.1) is 12.8 Å².